The second-order valence-corrected chi connectivity index (χ2v) is 8.45. The molecule has 5 aromatic rings. The van der Waals surface area contributed by atoms with Crippen LogP contribution < -0.4 is 10.3 Å². The summed E-state index contributed by atoms with van der Waals surface area (Å²) >= 11 is 0. The number of fused-ring (bicyclic) bond motifs is 2. The second kappa shape index (κ2) is 7.85. The lowest BCUT2D eigenvalue weighted by atomic mass is 9.66. The van der Waals surface area contributed by atoms with E-state index in [9.17, 15) is 0 Å². The summed E-state index contributed by atoms with van der Waals surface area (Å²) in [5, 5.41) is 5.08. The molecular weight excluding hydrogens is 389 g/mol. The van der Waals surface area contributed by atoms with Gasteiger partial charge in [-0.2, -0.15) is 0 Å². The Hall–Kier alpha value is -3.56. The Morgan fingerprint density at radius 3 is 1.88 bits per heavy atom. The molecule has 0 bridgehead atoms. The van der Waals surface area contributed by atoms with Gasteiger partial charge in [0.05, 0.1) is 0 Å². The van der Waals surface area contributed by atoms with Gasteiger partial charge in [-0.1, -0.05) is 91.0 Å². The van der Waals surface area contributed by atoms with E-state index in [0.29, 0.717) is 0 Å². The summed E-state index contributed by atoms with van der Waals surface area (Å²) in [5.74, 6) is 0. The lowest BCUT2D eigenvalue weighted by Gasteiger charge is -2.26. The van der Waals surface area contributed by atoms with Crippen molar-refractivity contribution in [1.29, 1.82) is 0 Å². The van der Waals surface area contributed by atoms with E-state index in [4.69, 9.17) is 4.65 Å². The minimum absolute atomic E-state index is 0.113. The predicted molar refractivity (Wildman–Crippen MR) is 137 cm³/mol. The third kappa shape index (κ3) is 3.01. The van der Waals surface area contributed by atoms with Gasteiger partial charge in [0.1, 0.15) is 0 Å². The Kier molecular flexibility index (Phi) is 4.70. The van der Waals surface area contributed by atoms with E-state index in [0.717, 1.165) is 13.2 Å². The number of hydrogen-bond acceptors (Lipinski definition) is 2. The zero-order valence-electron chi connectivity index (χ0n) is 18.2. The van der Waals surface area contributed by atoms with E-state index in [1.54, 1.807) is 0 Å². The summed E-state index contributed by atoms with van der Waals surface area (Å²) in [5.41, 5.74) is 6.35. The zero-order chi connectivity index (χ0) is 21.5. The number of nitrogens with zero attached hydrogens (tertiary/aromatic N) is 1. The number of anilines is 1. The van der Waals surface area contributed by atoms with E-state index in [2.05, 4.69) is 115 Å². The smallest absolute Gasteiger partial charge is 0.411 e. The average Bonchev–Trinajstić information content (AvgIpc) is 3.33. The molecule has 0 saturated carbocycles. The van der Waals surface area contributed by atoms with Crippen molar-refractivity contribution < 1.29 is 4.65 Å². The largest absolute Gasteiger partial charge is 0.453 e. The quantitative estimate of drug-likeness (QED) is 0.258. The standard InChI is InChI=1S/C29H24BNO/c1-21-11-5-6-14-23(21)28-24-15-7-9-17-26(24)29(27-18-10-8-16-25(27)28)30-31(19-20-32-30)22-12-3-2-4-13-22/h2-18H,19-20H2,1H3. The molecule has 0 amide bonds. The lowest BCUT2D eigenvalue weighted by Crippen LogP contribution is -2.46. The molecule has 6 rings (SSSR count). The van der Waals surface area contributed by atoms with Crippen LogP contribution in [0, 0.1) is 6.92 Å². The van der Waals surface area contributed by atoms with Crippen LogP contribution in [0.15, 0.2) is 103 Å². The van der Waals surface area contributed by atoms with Gasteiger partial charge in [0.2, 0.25) is 0 Å². The van der Waals surface area contributed by atoms with Crippen molar-refractivity contribution in [2.24, 2.45) is 0 Å². The fourth-order valence-corrected chi connectivity index (χ4v) is 5.16. The van der Waals surface area contributed by atoms with Crippen LogP contribution >= 0.6 is 0 Å². The lowest BCUT2D eigenvalue weighted by molar-refractivity contribution is 0.377. The molecule has 5 aromatic carbocycles. The predicted octanol–water partition coefficient (Wildman–Crippen LogP) is 6.20. The molecule has 1 heterocycles. The summed E-state index contributed by atoms with van der Waals surface area (Å²) in [6.07, 6.45) is 0. The summed E-state index contributed by atoms with van der Waals surface area (Å²) < 4.78 is 6.42. The van der Waals surface area contributed by atoms with Crippen LogP contribution in [-0.2, 0) is 4.65 Å². The normalized spacial score (nSPS) is 13.9. The van der Waals surface area contributed by atoms with Gasteiger partial charge in [0.15, 0.2) is 0 Å². The van der Waals surface area contributed by atoms with Crippen molar-refractivity contribution in [2.75, 3.05) is 18.0 Å². The molecule has 154 valence electrons. The van der Waals surface area contributed by atoms with E-state index in [1.165, 1.54) is 49.4 Å². The molecule has 0 atom stereocenters. The second-order valence-electron chi connectivity index (χ2n) is 8.45. The Labute approximate surface area is 189 Å². The van der Waals surface area contributed by atoms with Gasteiger partial charge in [-0.25, -0.2) is 0 Å². The van der Waals surface area contributed by atoms with Crippen molar-refractivity contribution in [3.05, 3.63) is 109 Å². The molecule has 0 aromatic heterocycles. The SMILES string of the molecule is Cc1ccccc1-c1c2ccccc2c(B2OCCN2c2ccccc2)c2ccccc12. The van der Waals surface area contributed by atoms with Crippen molar-refractivity contribution in [3.63, 3.8) is 0 Å². The topological polar surface area (TPSA) is 12.5 Å². The molecule has 0 unspecified atom stereocenters. The number of para-hydroxylation sites is 1. The van der Waals surface area contributed by atoms with Crippen molar-refractivity contribution >= 4 is 39.7 Å². The fourth-order valence-electron chi connectivity index (χ4n) is 5.16. The van der Waals surface area contributed by atoms with Crippen molar-refractivity contribution in [1.82, 2.24) is 0 Å². The van der Waals surface area contributed by atoms with Crippen LogP contribution in [0.1, 0.15) is 5.56 Å². The Morgan fingerprint density at radius 1 is 0.656 bits per heavy atom. The molecule has 1 aliphatic heterocycles. The summed E-state index contributed by atoms with van der Waals surface area (Å²) in [6, 6.07) is 36.9. The summed E-state index contributed by atoms with van der Waals surface area (Å²) in [4.78, 5) is 2.39. The van der Waals surface area contributed by atoms with E-state index in [1.807, 2.05) is 0 Å². The van der Waals surface area contributed by atoms with Crippen LogP contribution in [-0.4, -0.2) is 20.2 Å². The first-order valence-corrected chi connectivity index (χ1v) is 11.3. The van der Waals surface area contributed by atoms with Crippen LogP contribution in [0.2, 0.25) is 0 Å². The van der Waals surface area contributed by atoms with Crippen molar-refractivity contribution in [3.8, 4) is 11.1 Å². The molecule has 0 spiro atoms. The monoisotopic (exact) mass is 413 g/mol. The Morgan fingerprint density at radius 2 is 1.22 bits per heavy atom. The zero-order valence-corrected chi connectivity index (χ0v) is 18.2. The first-order valence-electron chi connectivity index (χ1n) is 11.3. The maximum absolute atomic E-state index is 6.42. The van der Waals surface area contributed by atoms with Gasteiger partial charge < -0.3 is 9.47 Å². The highest BCUT2D eigenvalue weighted by molar-refractivity contribution is 6.77. The summed E-state index contributed by atoms with van der Waals surface area (Å²) in [6.45, 7) is 3.81. The molecule has 0 N–H and O–H groups in total. The average molecular weight is 413 g/mol. The first kappa shape index (κ1) is 19.2. The Bertz CT molecular complexity index is 1370. The Balaban J connectivity index is 1.69. The number of rotatable bonds is 3. The highest BCUT2D eigenvalue weighted by atomic mass is 16.5. The molecule has 2 nitrogen and oxygen atoms in total. The van der Waals surface area contributed by atoms with Crippen LogP contribution in [0.5, 0.6) is 0 Å². The minimum atomic E-state index is -0.113. The van der Waals surface area contributed by atoms with Crippen LogP contribution in [0.3, 0.4) is 0 Å². The third-order valence-electron chi connectivity index (χ3n) is 6.61. The molecule has 1 aliphatic rings. The van der Waals surface area contributed by atoms with Gasteiger partial charge in [-0.15, -0.1) is 0 Å². The van der Waals surface area contributed by atoms with E-state index < -0.39 is 0 Å². The van der Waals surface area contributed by atoms with Gasteiger partial charge in [-0.3, -0.25) is 0 Å². The molecule has 3 heteroatoms. The van der Waals surface area contributed by atoms with E-state index >= 15 is 0 Å². The van der Waals surface area contributed by atoms with E-state index in [-0.39, 0.29) is 7.05 Å². The first-order chi connectivity index (χ1) is 15.8. The van der Waals surface area contributed by atoms with Crippen LogP contribution in [0.4, 0.5) is 5.69 Å². The molecule has 1 fully saturated rings. The molecule has 32 heavy (non-hydrogen) atoms. The molecule has 0 aliphatic carbocycles. The number of aryl methyl sites for hydroxylation is 1. The highest BCUT2D eigenvalue weighted by Gasteiger charge is 2.36. The fraction of sp³-hybridized carbons (Fsp3) is 0.103. The maximum Gasteiger partial charge on any atom is 0.453 e. The van der Waals surface area contributed by atoms with Gasteiger partial charge in [0.25, 0.3) is 0 Å². The van der Waals surface area contributed by atoms with Crippen LogP contribution in [0.25, 0.3) is 32.7 Å². The maximum atomic E-state index is 6.42. The highest BCUT2D eigenvalue weighted by Crippen LogP contribution is 2.38. The minimum Gasteiger partial charge on any atom is -0.411 e. The van der Waals surface area contributed by atoms with Crippen molar-refractivity contribution in [2.45, 2.75) is 6.92 Å². The molecule has 1 saturated heterocycles. The van der Waals surface area contributed by atoms with Gasteiger partial charge in [0, 0.05) is 18.8 Å². The molecular formula is C29H24BNO. The summed E-state index contributed by atoms with van der Waals surface area (Å²) in [7, 11) is -0.113. The number of hydrogen-bond donors (Lipinski definition) is 0. The number of benzene rings is 5. The molecule has 0 radical (unpaired) electrons. The van der Waals surface area contributed by atoms with Gasteiger partial charge >= 0.3 is 7.05 Å². The third-order valence-corrected chi connectivity index (χ3v) is 6.61. The van der Waals surface area contributed by atoms with Gasteiger partial charge in [-0.05, 0) is 62.8 Å².